The lowest BCUT2D eigenvalue weighted by Crippen LogP contribution is -2.35. The Kier molecular flexibility index (Phi) is 4.06. The van der Waals surface area contributed by atoms with Crippen LogP contribution in [0.25, 0.3) is 23.2 Å². The second-order valence-electron chi connectivity index (χ2n) is 6.24. The van der Waals surface area contributed by atoms with E-state index in [1.165, 1.54) is 6.26 Å². The average Bonchev–Trinajstić information content (AvgIpc) is 3.35. The Labute approximate surface area is 149 Å². The van der Waals surface area contributed by atoms with Crippen LogP contribution in [-0.2, 0) is 12.0 Å². The van der Waals surface area contributed by atoms with Crippen LogP contribution in [0, 0.1) is 0 Å². The highest BCUT2D eigenvalue weighted by Gasteiger charge is 2.29. The number of nitrogens with zero attached hydrogens (tertiary/aromatic N) is 4. The van der Waals surface area contributed by atoms with Gasteiger partial charge in [-0.15, -0.1) is 10.2 Å². The Hall–Kier alpha value is -3.32. The molecule has 3 heterocycles. The first-order valence-electron chi connectivity index (χ1n) is 8.16. The lowest BCUT2D eigenvalue weighted by Gasteiger charge is -2.20. The molecule has 2 N–H and O–H groups in total. The number of hydrogen-bond acceptors (Lipinski definition) is 7. The number of nitrogens with two attached hydrogens (primary N) is 1. The van der Waals surface area contributed by atoms with Crippen LogP contribution in [0.1, 0.15) is 18.4 Å². The smallest absolute Gasteiger partial charge is 0.266 e. The standard InChI is InChI=1S/C19H17N5O2/c1-19(20,12-13-6-3-2-4-7-13)18-24-23-17(26-18)15-9-5-8-14(22-15)16-21-10-11-25-16/h2-11H,12,20H2,1H3/t19-/m1/s1. The second kappa shape index (κ2) is 6.53. The Morgan fingerprint density at radius 2 is 1.73 bits per heavy atom. The van der Waals surface area contributed by atoms with Crippen LogP contribution in [0.3, 0.4) is 0 Å². The van der Waals surface area contributed by atoms with E-state index in [1.807, 2.05) is 43.3 Å². The molecule has 3 aromatic heterocycles. The van der Waals surface area contributed by atoms with Crippen molar-refractivity contribution >= 4 is 0 Å². The fraction of sp³-hybridized carbons (Fsp3) is 0.158. The van der Waals surface area contributed by atoms with Gasteiger partial charge in [0.15, 0.2) is 0 Å². The maximum Gasteiger partial charge on any atom is 0.266 e. The fourth-order valence-electron chi connectivity index (χ4n) is 2.68. The van der Waals surface area contributed by atoms with Crippen molar-refractivity contribution in [3.8, 4) is 23.2 Å². The zero-order valence-corrected chi connectivity index (χ0v) is 14.2. The summed E-state index contributed by atoms with van der Waals surface area (Å²) in [5, 5.41) is 8.24. The van der Waals surface area contributed by atoms with Crippen molar-refractivity contribution in [2.24, 2.45) is 5.73 Å². The van der Waals surface area contributed by atoms with E-state index in [0.29, 0.717) is 35.5 Å². The first kappa shape index (κ1) is 16.2. The summed E-state index contributed by atoms with van der Waals surface area (Å²) in [5.41, 5.74) is 7.87. The zero-order chi connectivity index (χ0) is 18.0. The molecule has 0 aliphatic heterocycles. The van der Waals surface area contributed by atoms with Gasteiger partial charge in [0.05, 0.1) is 11.7 Å². The summed E-state index contributed by atoms with van der Waals surface area (Å²) < 4.78 is 11.1. The van der Waals surface area contributed by atoms with Crippen LogP contribution in [0.15, 0.2) is 69.8 Å². The summed E-state index contributed by atoms with van der Waals surface area (Å²) in [7, 11) is 0. The number of pyridine rings is 1. The predicted octanol–water partition coefficient (Wildman–Crippen LogP) is 3.20. The van der Waals surface area contributed by atoms with Gasteiger partial charge in [0.1, 0.15) is 17.7 Å². The van der Waals surface area contributed by atoms with Crippen molar-refractivity contribution in [1.29, 1.82) is 0 Å². The zero-order valence-electron chi connectivity index (χ0n) is 14.2. The first-order chi connectivity index (χ1) is 12.6. The summed E-state index contributed by atoms with van der Waals surface area (Å²) >= 11 is 0. The summed E-state index contributed by atoms with van der Waals surface area (Å²) in [4.78, 5) is 8.57. The van der Waals surface area contributed by atoms with Gasteiger partial charge in [-0.2, -0.15) is 0 Å². The Balaban J connectivity index is 1.61. The SMILES string of the molecule is C[C@@](N)(Cc1ccccc1)c1nnc(-c2cccc(-c3ncco3)n2)o1. The van der Waals surface area contributed by atoms with Crippen molar-refractivity contribution in [1.82, 2.24) is 20.2 Å². The summed E-state index contributed by atoms with van der Waals surface area (Å²) in [6.07, 6.45) is 3.65. The van der Waals surface area contributed by atoms with Crippen LogP contribution >= 0.6 is 0 Å². The normalized spacial score (nSPS) is 13.5. The van der Waals surface area contributed by atoms with Gasteiger partial charge in [-0.05, 0) is 31.0 Å². The average molecular weight is 347 g/mol. The van der Waals surface area contributed by atoms with Crippen LogP contribution < -0.4 is 5.73 Å². The molecule has 0 bridgehead atoms. The van der Waals surface area contributed by atoms with E-state index in [-0.39, 0.29) is 0 Å². The molecular weight excluding hydrogens is 330 g/mol. The van der Waals surface area contributed by atoms with E-state index in [1.54, 1.807) is 18.3 Å². The Morgan fingerprint density at radius 1 is 0.962 bits per heavy atom. The van der Waals surface area contributed by atoms with E-state index in [4.69, 9.17) is 14.6 Å². The first-order valence-corrected chi connectivity index (χ1v) is 8.16. The summed E-state index contributed by atoms with van der Waals surface area (Å²) in [6, 6.07) is 15.4. The van der Waals surface area contributed by atoms with Crippen LogP contribution in [0.2, 0.25) is 0 Å². The Morgan fingerprint density at radius 3 is 2.46 bits per heavy atom. The second-order valence-corrected chi connectivity index (χ2v) is 6.24. The number of benzene rings is 1. The molecule has 0 unspecified atom stereocenters. The number of aromatic nitrogens is 4. The van der Waals surface area contributed by atoms with Gasteiger partial charge in [-0.1, -0.05) is 36.4 Å². The molecule has 26 heavy (non-hydrogen) atoms. The van der Waals surface area contributed by atoms with Crippen molar-refractivity contribution in [2.45, 2.75) is 18.9 Å². The van der Waals surface area contributed by atoms with Gasteiger partial charge in [-0.25, -0.2) is 9.97 Å². The molecular formula is C19H17N5O2. The van der Waals surface area contributed by atoms with Gasteiger partial charge in [-0.3, -0.25) is 0 Å². The monoisotopic (exact) mass is 347 g/mol. The molecule has 7 heteroatoms. The van der Waals surface area contributed by atoms with Gasteiger partial charge in [0.2, 0.25) is 11.8 Å². The molecule has 0 saturated carbocycles. The summed E-state index contributed by atoms with van der Waals surface area (Å²) in [5.74, 6) is 1.09. The summed E-state index contributed by atoms with van der Waals surface area (Å²) in [6.45, 7) is 1.87. The van der Waals surface area contributed by atoms with Gasteiger partial charge < -0.3 is 14.6 Å². The van der Waals surface area contributed by atoms with Crippen molar-refractivity contribution in [3.63, 3.8) is 0 Å². The minimum atomic E-state index is -0.785. The highest BCUT2D eigenvalue weighted by Crippen LogP contribution is 2.26. The molecule has 7 nitrogen and oxygen atoms in total. The quantitative estimate of drug-likeness (QED) is 0.591. The fourth-order valence-corrected chi connectivity index (χ4v) is 2.68. The lowest BCUT2D eigenvalue weighted by atomic mass is 9.94. The van der Waals surface area contributed by atoms with Gasteiger partial charge in [0, 0.05) is 0 Å². The highest BCUT2D eigenvalue weighted by atomic mass is 16.4. The van der Waals surface area contributed by atoms with E-state index < -0.39 is 5.54 Å². The third kappa shape index (κ3) is 3.25. The topological polar surface area (TPSA) is 104 Å². The lowest BCUT2D eigenvalue weighted by molar-refractivity contribution is 0.355. The molecule has 1 aromatic carbocycles. The van der Waals surface area contributed by atoms with E-state index in [2.05, 4.69) is 20.2 Å². The van der Waals surface area contributed by atoms with Crippen molar-refractivity contribution < 1.29 is 8.83 Å². The molecule has 0 radical (unpaired) electrons. The molecule has 0 spiro atoms. The predicted molar refractivity (Wildman–Crippen MR) is 94.7 cm³/mol. The van der Waals surface area contributed by atoms with Crippen LogP contribution in [0.5, 0.6) is 0 Å². The molecule has 0 fully saturated rings. The highest BCUT2D eigenvalue weighted by molar-refractivity contribution is 5.55. The largest absolute Gasteiger partial charge is 0.443 e. The molecule has 1 atom stereocenters. The number of hydrogen-bond donors (Lipinski definition) is 1. The minimum Gasteiger partial charge on any atom is -0.443 e. The third-order valence-corrected chi connectivity index (χ3v) is 3.95. The van der Waals surface area contributed by atoms with Gasteiger partial charge in [0.25, 0.3) is 5.89 Å². The van der Waals surface area contributed by atoms with Crippen molar-refractivity contribution in [3.05, 3.63) is 72.4 Å². The van der Waals surface area contributed by atoms with E-state index in [0.717, 1.165) is 5.56 Å². The Bertz CT molecular complexity index is 994. The maximum atomic E-state index is 6.43. The molecule has 4 aromatic rings. The molecule has 0 aliphatic carbocycles. The number of rotatable bonds is 5. The third-order valence-electron chi connectivity index (χ3n) is 3.95. The molecule has 130 valence electrons. The maximum absolute atomic E-state index is 6.43. The van der Waals surface area contributed by atoms with Gasteiger partial charge >= 0.3 is 0 Å². The van der Waals surface area contributed by atoms with Crippen molar-refractivity contribution in [2.75, 3.05) is 0 Å². The van der Waals surface area contributed by atoms with E-state index >= 15 is 0 Å². The van der Waals surface area contributed by atoms with Crippen LogP contribution in [-0.4, -0.2) is 20.2 Å². The molecule has 0 saturated heterocycles. The molecule has 0 aliphatic rings. The van der Waals surface area contributed by atoms with Crippen LogP contribution in [0.4, 0.5) is 0 Å². The minimum absolute atomic E-state index is 0.304. The molecule has 0 amide bonds. The number of oxazole rings is 1. The molecule has 4 rings (SSSR count). The van der Waals surface area contributed by atoms with E-state index in [9.17, 15) is 0 Å².